The Morgan fingerprint density at radius 1 is 1.45 bits per heavy atom. The fraction of sp³-hybridized carbons (Fsp3) is 0.875. The van der Waals surface area contributed by atoms with Crippen molar-refractivity contribution in [2.45, 2.75) is 37.6 Å². The summed E-state index contributed by atoms with van der Waals surface area (Å²) < 4.78 is 38.8. The van der Waals surface area contributed by atoms with Gasteiger partial charge in [-0.2, -0.15) is 8.42 Å². The largest absolute Gasteiger partial charge is 1.00 e. The molecule has 4 N–H and O–H groups in total. The first-order valence-corrected chi connectivity index (χ1v) is 6.51. The average Bonchev–Trinajstić information content (AvgIpc) is 2.26. The molecule has 5 atom stereocenters. The molecular formula is C8H14NNaO9S. The van der Waals surface area contributed by atoms with Crippen LogP contribution in [0.2, 0.25) is 0 Å². The van der Waals surface area contributed by atoms with Gasteiger partial charge in [-0.3, -0.25) is 9.55 Å². The molecule has 0 aromatic carbocycles. The van der Waals surface area contributed by atoms with Gasteiger partial charge in [0.25, 0.3) is 0 Å². The van der Waals surface area contributed by atoms with Gasteiger partial charge in [0.05, 0.1) is 6.61 Å². The molecule has 1 aliphatic heterocycles. The van der Waals surface area contributed by atoms with Crippen molar-refractivity contribution in [1.82, 2.24) is 0 Å². The first kappa shape index (κ1) is 20.2. The fourth-order valence-corrected chi connectivity index (χ4v) is 2.19. The van der Waals surface area contributed by atoms with Gasteiger partial charge in [-0.25, -0.2) is 4.18 Å². The first-order chi connectivity index (χ1) is 8.65. The standard InChI is InChI=1S/C8H15NO9S.Na/c1-3(11)9-5-6(12)7(18-19(14,15)16)4(2-10)17-8(5)13;/h4-8,10,12-13H,2H2,1H3,(H,9,11)(H,14,15,16);/q;+1/p-1/t4-,5-,6-,7+,8?;/m1./s1. The van der Waals surface area contributed by atoms with Gasteiger partial charge in [-0.1, -0.05) is 0 Å². The molecular weight excluding hydrogens is 309 g/mol. The van der Waals surface area contributed by atoms with Gasteiger partial charge >= 0.3 is 40.0 Å². The molecule has 1 heterocycles. The molecule has 0 spiro atoms. The Hall–Kier alpha value is 0.180. The number of ether oxygens (including phenoxy) is 1. The van der Waals surface area contributed by atoms with Gasteiger partial charge in [-0.05, 0) is 12.8 Å². The Balaban J connectivity index is 0.00000361. The van der Waals surface area contributed by atoms with E-state index in [-0.39, 0.29) is 29.6 Å². The van der Waals surface area contributed by atoms with E-state index >= 15 is 0 Å². The van der Waals surface area contributed by atoms with E-state index in [0.29, 0.717) is 0 Å². The van der Waals surface area contributed by atoms with Crippen LogP contribution in [0.5, 0.6) is 0 Å². The molecule has 1 unspecified atom stereocenters. The maximum Gasteiger partial charge on any atom is 1.00 e. The number of aliphatic imine (C=N–C) groups is 1. The molecule has 0 bridgehead atoms. The van der Waals surface area contributed by atoms with E-state index < -0.39 is 53.5 Å². The second-order valence-electron chi connectivity index (χ2n) is 3.87. The Bertz CT molecular complexity index is 437. The number of rotatable bonds is 4. The van der Waals surface area contributed by atoms with E-state index in [9.17, 15) is 23.7 Å². The molecule has 0 aromatic heterocycles. The number of hydrogen-bond acceptors (Lipinski definition) is 9. The molecule has 1 fully saturated rings. The van der Waals surface area contributed by atoms with Gasteiger partial charge in [0.1, 0.15) is 24.4 Å². The van der Waals surface area contributed by atoms with Crippen LogP contribution in [-0.4, -0.2) is 71.4 Å². The Kier molecular flexibility index (Phi) is 8.05. The second-order valence-corrected chi connectivity index (χ2v) is 4.91. The van der Waals surface area contributed by atoms with E-state index in [1.54, 1.807) is 0 Å². The quantitative estimate of drug-likeness (QED) is 0.170. The maximum atomic E-state index is 10.8. The summed E-state index contributed by atoms with van der Waals surface area (Å²) in [6, 6.07) is -1.49. The molecule has 1 saturated heterocycles. The van der Waals surface area contributed by atoms with E-state index in [4.69, 9.17) is 14.4 Å². The summed E-state index contributed by atoms with van der Waals surface area (Å²) in [5, 5.41) is 39.1. The van der Waals surface area contributed by atoms with Crippen LogP contribution in [0.3, 0.4) is 0 Å². The smallest absolute Gasteiger partial charge is 0.862 e. The van der Waals surface area contributed by atoms with Crippen LogP contribution in [0.1, 0.15) is 6.92 Å². The summed E-state index contributed by atoms with van der Waals surface area (Å²) in [6.07, 6.45) is -6.62. The third-order valence-corrected chi connectivity index (χ3v) is 2.87. The summed E-state index contributed by atoms with van der Waals surface area (Å²) >= 11 is 0. The normalized spacial score (nSPS) is 35.5. The van der Waals surface area contributed by atoms with Gasteiger partial charge in [0, 0.05) is 0 Å². The number of hydrogen-bond donors (Lipinski definition) is 4. The number of aliphatic hydroxyl groups excluding tert-OH is 3. The Labute approximate surface area is 137 Å². The summed E-state index contributed by atoms with van der Waals surface area (Å²) in [7, 11) is -4.93. The minimum Gasteiger partial charge on any atom is -0.862 e. The summed E-state index contributed by atoms with van der Waals surface area (Å²) in [6.45, 7) is 0.261. The monoisotopic (exact) mass is 323 g/mol. The first-order valence-electron chi connectivity index (χ1n) is 5.15. The molecule has 20 heavy (non-hydrogen) atoms. The topological polar surface area (TPSA) is 169 Å². The minimum absolute atomic E-state index is 0. The molecule has 0 aliphatic carbocycles. The Morgan fingerprint density at radius 2 is 2.00 bits per heavy atom. The van der Waals surface area contributed by atoms with Crippen LogP contribution in [-0.2, 0) is 19.3 Å². The van der Waals surface area contributed by atoms with Crippen molar-refractivity contribution in [3.8, 4) is 0 Å². The predicted octanol–water partition coefficient (Wildman–Crippen LogP) is -6.60. The second kappa shape index (κ2) is 7.98. The zero-order valence-electron chi connectivity index (χ0n) is 10.8. The van der Waals surface area contributed by atoms with Crippen molar-refractivity contribution in [1.29, 1.82) is 0 Å². The summed E-state index contributed by atoms with van der Waals surface area (Å²) in [5.74, 6) is -0.736. The third-order valence-electron chi connectivity index (χ3n) is 2.40. The third kappa shape index (κ3) is 5.52. The van der Waals surface area contributed by atoms with Gasteiger partial charge in [-0.15, -0.1) is 0 Å². The van der Waals surface area contributed by atoms with E-state index in [0.717, 1.165) is 6.92 Å². The van der Waals surface area contributed by atoms with Crippen LogP contribution in [0.4, 0.5) is 0 Å². The maximum absolute atomic E-state index is 10.8. The summed E-state index contributed by atoms with van der Waals surface area (Å²) in [4.78, 5) is 3.35. The zero-order valence-corrected chi connectivity index (χ0v) is 13.6. The van der Waals surface area contributed by atoms with Crippen molar-refractivity contribution >= 4 is 16.3 Å². The van der Waals surface area contributed by atoms with E-state index in [1.165, 1.54) is 0 Å². The fourth-order valence-electron chi connectivity index (χ4n) is 1.68. The van der Waals surface area contributed by atoms with Crippen LogP contribution in [0.25, 0.3) is 0 Å². The molecule has 1 aliphatic rings. The van der Waals surface area contributed by atoms with Crippen molar-refractivity contribution in [3.63, 3.8) is 0 Å². The van der Waals surface area contributed by atoms with Crippen LogP contribution < -0.4 is 34.7 Å². The minimum atomic E-state index is -4.93. The Morgan fingerprint density at radius 3 is 2.40 bits per heavy atom. The van der Waals surface area contributed by atoms with Crippen molar-refractivity contribution in [2.24, 2.45) is 4.99 Å². The summed E-state index contributed by atoms with van der Waals surface area (Å²) in [5.41, 5.74) is 0. The molecule has 0 radical (unpaired) electrons. The molecule has 10 nitrogen and oxygen atoms in total. The molecule has 112 valence electrons. The van der Waals surface area contributed by atoms with Crippen LogP contribution >= 0.6 is 0 Å². The molecule has 1 rings (SSSR count). The van der Waals surface area contributed by atoms with Crippen LogP contribution in [0, 0.1) is 0 Å². The molecule has 0 amide bonds. The van der Waals surface area contributed by atoms with Gasteiger partial charge in [0.15, 0.2) is 6.29 Å². The van der Waals surface area contributed by atoms with Gasteiger partial charge in [0.2, 0.25) is 0 Å². The molecule has 0 saturated carbocycles. The van der Waals surface area contributed by atoms with E-state index in [1.807, 2.05) is 0 Å². The zero-order chi connectivity index (χ0) is 14.8. The molecule has 12 heteroatoms. The van der Waals surface area contributed by atoms with Crippen molar-refractivity contribution in [2.75, 3.05) is 6.61 Å². The number of aliphatic hydroxyl groups is 3. The van der Waals surface area contributed by atoms with Crippen LogP contribution in [0.15, 0.2) is 4.99 Å². The SMILES string of the molecule is CC([O-])=N[C@H]1C(O)O[C@H](CO)[C@H](OS(=O)(=O)O)[C@@H]1O.[Na+]. The predicted molar refractivity (Wildman–Crippen MR) is 57.3 cm³/mol. The average molecular weight is 323 g/mol. The van der Waals surface area contributed by atoms with Crippen molar-refractivity contribution < 1.29 is 71.9 Å². The number of nitrogens with zero attached hydrogens (tertiary/aromatic N) is 1. The van der Waals surface area contributed by atoms with E-state index in [2.05, 4.69) is 9.18 Å². The van der Waals surface area contributed by atoms with Gasteiger partial charge < -0.3 is 25.2 Å². The van der Waals surface area contributed by atoms with Crippen molar-refractivity contribution in [3.05, 3.63) is 0 Å². The molecule has 0 aromatic rings.